The van der Waals surface area contributed by atoms with E-state index in [4.69, 9.17) is 4.74 Å². The topological polar surface area (TPSA) is 104 Å². The molecule has 8 nitrogen and oxygen atoms in total. The van der Waals surface area contributed by atoms with Crippen LogP contribution in [0.1, 0.15) is 47.8 Å². The van der Waals surface area contributed by atoms with E-state index in [2.05, 4.69) is 33.3 Å². The van der Waals surface area contributed by atoms with Crippen molar-refractivity contribution in [3.8, 4) is 6.07 Å². The van der Waals surface area contributed by atoms with Crippen molar-refractivity contribution in [1.82, 2.24) is 15.3 Å². The van der Waals surface area contributed by atoms with Crippen molar-refractivity contribution in [2.75, 3.05) is 24.5 Å². The van der Waals surface area contributed by atoms with Crippen molar-refractivity contribution in [2.45, 2.75) is 38.5 Å². The predicted octanol–water partition coefficient (Wildman–Crippen LogP) is 4.97. The molecular formula is C29H27F3N6O2. The second-order valence-electron chi connectivity index (χ2n) is 9.77. The average Bonchev–Trinajstić information content (AvgIpc) is 3.40. The second kappa shape index (κ2) is 11.3. The number of nitriles is 1. The van der Waals surface area contributed by atoms with Crippen LogP contribution in [0, 0.1) is 17.2 Å². The molecule has 2 aliphatic heterocycles. The molecule has 1 amide bonds. The minimum atomic E-state index is -4.53. The Labute approximate surface area is 229 Å². The lowest BCUT2D eigenvalue weighted by atomic mass is 9.88. The third-order valence-corrected chi connectivity index (χ3v) is 6.99. The number of amides is 1. The summed E-state index contributed by atoms with van der Waals surface area (Å²) in [6.07, 6.45) is 4.37. The zero-order chi connectivity index (χ0) is 28.3. The summed E-state index contributed by atoms with van der Waals surface area (Å²) in [6, 6.07) is 10.0. The van der Waals surface area contributed by atoms with Crippen molar-refractivity contribution >= 4 is 17.8 Å². The van der Waals surface area contributed by atoms with Gasteiger partial charge in [-0.3, -0.25) is 4.79 Å². The summed E-state index contributed by atoms with van der Waals surface area (Å²) < 4.78 is 45.0. The van der Waals surface area contributed by atoms with Gasteiger partial charge in [-0.15, -0.1) is 0 Å². The standard InChI is InChI=1S/C29H27F3N6O2/c1-2-3-22-14-19(16-33)15-23-25(22)40-27(36-23)21-6-4-20(5-7-21)26(39)35-17-18-9-12-38(13-10-18)28-34-11-8-24(37-28)29(30,31)32/h4-9,11,14-15,22,25H,2-3,10,12-13,17H2,1H3,(H,35,39). The number of carbonyl (C=O) groups is 1. The van der Waals surface area contributed by atoms with Crippen LogP contribution in [0.4, 0.5) is 19.1 Å². The minimum absolute atomic E-state index is 0.0308. The molecule has 40 heavy (non-hydrogen) atoms. The van der Waals surface area contributed by atoms with E-state index >= 15 is 0 Å². The van der Waals surface area contributed by atoms with Gasteiger partial charge in [0, 0.05) is 42.9 Å². The molecule has 1 aromatic heterocycles. The Morgan fingerprint density at radius 3 is 2.73 bits per heavy atom. The van der Waals surface area contributed by atoms with Crippen molar-refractivity contribution < 1.29 is 22.7 Å². The van der Waals surface area contributed by atoms with Crippen LogP contribution < -0.4 is 10.2 Å². The monoisotopic (exact) mass is 548 g/mol. The lowest BCUT2D eigenvalue weighted by molar-refractivity contribution is -0.141. The van der Waals surface area contributed by atoms with Gasteiger partial charge in [-0.1, -0.05) is 31.1 Å². The molecule has 0 radical (unpaired) electrons. The first-order chi connectivity index (χ1) is 19.2. The van der Waals surface area contributed by atoms with E-state index in [0.29, 0.717) is 43.1 Å². The average molecular weight is 549 g/mol. The van der Waals surface area contributed by atoms with Crippen LogP contribution in [0.5, 0.6) is 0 Å². The fraction of sp³-hybridized carbons (Fsp3) is 0.345. The van der Waals surface area contributed by atoms with E-state index in [1.165, 1.54) is 0 Å². The summed E-state index contributed by atoms with van der Waals surface area (Å²) >= 11 is 0. The normalized spacial score (nSPS) is 20.3. The largest absolute Gasteiger partial charge is 0.467 e. The Hall–Kier alpha value is -4.46. The van der Waals surface area contributed by atoms with Crippen LogP contribution in [0.25, 0.3) is 0 Å². The minimum Gasteiger partial charge on any atom is -0.467 e. The van der Waals surface area contributed by atoms with Gasteiger partial charge in [-0.25, -0.2) is 15.0 Å². The summed E-state index contributed by atoms with van der Waals surface area (Å²) in [4.78, 5) is 26.6. The molecule has 11 heteroatoms. The first-order valence-corrected chi connectivity index (χ1v) is 13.1. The number of fused-ring (bicyclic) bond motifs is 1. The number of hydrogen-bond acceptors (Lipinski definition) is 7. The smallest absolute Gasteiger partial charge is 0.433 e. The number of aromatic nitrogens is 2. The number of ether oxygens (including phenoxy) is 1. The quantitative estimate of drug-likeness (QED) is 0.490. The van der Waals surface area contributed by atoms with Crippen molar-refractivity contribution in [3.63, 3.8) is 0 Å². The summed E-state index contributed by atoms with van der Waals surface area (Å²) in [6.45, 7) is 3.22. The molecule has 0 saturated heterocycles. The van der Waals surface area contributed by atoms with Gasteiger partial charge < -0.3 is 15.0 Å². The molecular weight excluding hydrogens is 521 g/mol. The molecule has 1 N–H and O–H groups in total. The number of carbonyl (C=O) groups excluding carboxylic acids is 1. The molecule has 2 aromatic rings. The van der Waals surface area contributed by atoms with E-state index < -0.39 is 11.9 Å². The third-order valence-electron chi connectivity index (χ3n) is 6.99. The highest BCUT2D eigenvalue weighted by Gasteiger charge is 2.35. The maximum absolute atomic E-state index is 13.0. The van der Waals surface area contributed by atoms with E-state index in [-0.39, 0.29) is 23.9 Å². The van der Waals surface area contributed by atoms with Crippen LogP contribution in [-0.2, 0) is 10.9 Å². The SMILES string of the molecule is CCCC1C=C(C#N)C=C2N=C(c3ccc(C(=O)NCC4=CCN(c5nccc(C(F)(F)F)n5)CC4)cc3)OC21. The number of nitrogens with one attached hydrogen (secondary N) is 1. The van der Waals surface area contributed by atoms with Crippen LogP contribution in [-0.4, -0.2) is 47.5 Å². The maximum atomic E-state index is 13.0. The van der Waals surface area contributed by atoms with Crippen molar-refractivity contribution in [3.05, 3.63) is 88.4 Å². The van der Waals surface area contributed by atoms with Gasteiger partial charge in [0.1, 0.15) is 11.8 Å². The van der Waals surface area contributed by atoms with Gasteiger partial charge in [-0.05, 0) is 49.2 Å². The van der Waals surface area contributed by atoms with E-state index in [9.17, 15) is 23.2 Å². The van der Waals surface area contributed by atoms with Crippen LogP contribution in [0.3, 0.4) is 0 Å². The Morgan fingerprint density at radius 2 is 2.05 bits per heavy atom. The molecule has 2 atom stereocenters. The Balaban J connectivity index is 1.16. The fourth-order valence-electron chi connectivity index (χ4n) is 4.88. The number of aliphatic imine (C=N–C) groups is 1. The van der Waals surface area contributed by atoms with Crippen molar-refractivity contribution in [1.29, 1.82) is 5.26 Å². The molecule has 5 rings (SSSR count). The number of alkyl halides is 3. The molecule has 0 fully saturated rings. The lowest BCUT2D eigenvalue weighted by Gasteiger charge is -2.27. The highest BCUT2D eigenvalue weighted by Crippen LogP contribution is 2.35. The number of anilines is 1. The van der Waals surface area contributed by atoms with Crippen molar-refractivity contribution in [2.24, 2.45) is 10.9 Å². The molecule has 0 bridgehead atoms. The van der Waals surface area contributed by atoms with Gasteiger partial charge in [-0.2, -0.15) is 18.4 Å². The van der Waals surface area contributed by atoms with Gasteiger partial charge in [0.15, 0.2) is 0 Å². The first-order valence-electron chi connectivity index (χ1n) is 13.1. The van der Waals surface area contributed by atoms with Crippen LogP contribution >= 0.6 is 0 Å². The molecule has 2 unspecified atom stereocenters. The lowest BCUT2D eigenvalue weighted by Crippen LogP contribution is -2.34. The van der Waals surface area contributed by atoms with Crippen LogP contribution in [0.2, 0.25) is 0 Å². The number of benzene rings is 1. The molecule has 1 aliphatic carbocycles. The van der Waals surface area contributed by atoms with Gasteiger partial charge >= 0.3 is 6.18 Å². The van der Waals surface area contributed by atoms with E-state index in [0.717, 1.165) is 41.9 Å². The Kier molecular flexibility index (Phi) is 7.69. The predicted molar refractivity (Wildman–Crippen MR) is 142 cm³/mol. The highest BCUT2D eigenvalue weighted by atomic mass is 19.4. The molecule has 3 heterocycles. The molecule has 0 saturated carbocycles. The van der Waals surface area contributed by atoms with Crippen LogP contribution in [0.15, 0.2) is 76.6 Å². The second-order valence-corrected chi connectivity index (χ2v) is 9.77. The molecule has 3 aliphatic rings. The maximum Gasteiger partial charge on any atom is 0.433 e. The van der Waals surface area contributed by atoms with E-state index in [1.54, 1.807) is 35.2 Å². The molecule has 1 aromatic carbocycles. The summed E-state index contributed by atoms with van der Waals surface area (Å²) in [5, 5.41) is 12.2. The Morgan fingerprint density at radius 1 is 1.25 bits per heavy atom. The zero-order valence-electron chi connectivity index (χ0n) is 21.8. The highest BCUT2D eigenvalue weighted by molar-refractivity contribution is 5.99. The summed E-state index contributed by atoms with van der Waals surface area (Å²) in [7, 11) is 0. The number of nitrogens with zero attached hydrogens (tertiary/aromatic N) is 5. The first kappa shape index (κ1) is 27.1. The zero-order valence-corrected chi connectivity index (χ0v) is 21.8. The number of hydrogen-bond donors (Lipinski definition) is 1. The Bertz CT molecular complexity index is 1450. The number of rotatable bonds is 7. The molecule has 0 spiro atoms. The number of halogens is 3. The summed E-state index contributed by atoms with van der Waals surface area (Å²) in [5.74, 6) is 0.346. The van der Waals surface area contributed by atoms with Gasteiger partial charge in [0.05, 0.1) is 17.3 Å². The number of allylic oxidation sites excluding steroid dienone is 2. The third kappa shape index (κ3) is 5.91. The fourth-order valence-corrected chi connectivity index (χ4v) is 4.88. The van der Waals surface area contributed by atoms with E-state index in [1.807, 2.05) is 12.2 Å². The van der Waals surface area contributed by atoms with Gasteiger partial charge in [0.25, 0.3) is 5.91 Å². The summed E-state index contributed by atoms with van der Waals surface area (Å²) in [5.41, 5.74) is 2.56. The molecule has 206 valence electrons. The van der Waals surface area contributed by atoms with Gasteiger partial charge in [0.2, 0.25) is 11.8 Å².